The van der Waals surface area contributed by atoms with Crippen LogP contribution in [-0.2, 0) is 4.79 Å². The molecule has 0 bridgehead atoms. The first-order valence-electron chi connectivity index (χ1n) is 10.3. The summed E-state index contributed by atoms with van der Waals surface area (Å²) < 4.78 is 0. The molecule has 0 aromatic heterocycles. The molecule has 4 rings (SSSR count). The van der Waals surface area contributed by atoms with E-state index >= 15 is 0 Å². The number of nitrogens with zero attached hydrogens (tertiary/aromatic N) is 1. The van der Waals surface area contributed by atoms with Gasteiger partial charge in [-0.2, -0.15) is 0 Å². The highest BCUT2D eigenvalue weighted by atomic mass is 35.5. The van der Waals surface area contributed by atoms with E-state index in [1.54, 1.807) is 53.4 Å². The zero-order chi connectivity index (χ0) is 21.1. The number of benzene rings is 2. The Hall–Kier alpha value is -2.86. The Morgan fingerprint density at radius 2 is 1.73 bits per heavy atom. The van der Waals surface area contributed by atoms with Crippen molar-refractivity contribution in [1.82, 2.24) is 10.2 Å². The minimum Gasteiger partial charge on any atom is -0.349 e. The molecule has 1 saturated carbocycles. The number of halogens is 1. The van der Waals surface area contributed by atoms with Crippen LogP contribution in [0, 0.1) is 5.92 Å². The molecule has 2 aromatic rings. The molecule has 2 fully saturated rings. The Morgan fingerprint density at radius 1 is 0.967 bits per heavy atom. The summed E-state index contributed by atoms with van der Waals surface area (Å²) in [6, 6.07) is 14.0. The number of rotatable bonds is 5. The minimum atomic E-state index is -0.293. The summed E-state index contributed by atoms with van der Waals surface area (Å²) in [7, 11) is 0. The van der Waals surface area contributed by atoms with E-state index in [9.17, 15) is 14.4 Å². The summed E-state index contributed by atoms with van der Waals surface area (Å²) in [5.41, 5.74) is 1.68. The van der Waals surface area contributed by atoms with Crippen molar-refractivity contribution in [2.45, 2.75) is 31.7 Å². The summed E-state index contributed by atoms with van der Waals surface area (Å²) in [4.78, 5) is 39.5. The molecule has 0 unspecified atom stereocenters. The third kappa shape index (κ3) is 5.00. The first-order valence-corrected chi connectivity index (χ1v) is 10.6. The van der Waals surface area contributed by atoms with Gasteiger partial charge in [-0.15, -0.1) is 0 Å². The van der Waals surface area contributed by atoms with Gasteiger partial charge < -0.3 is 15.5 Å². The SMILES string of the molecule is O=C(NC1CC1)c1cccc(NC(=O)[C@H]2CCCN(C(=O)c3ccc(Cl)cc3)C2)c1. The Labute approximate surface area is 180 Å². The average Bonchev–Trinajstić information content (AvgIpc) is 3.58. The van der Waals surface area contributed by atoms with Gasteiger partial charge in [0.15, 0.2) is 0 Å². The highest BCUT2D eigenvalue weighted by Crippen LogP contribution is 2.23. The molecule has 1 aliphatic heterocycles. The molecule has 1 aliphatic carbocycles. The third-order valence-electron chi connectivity index (χ3n) is 5.48. The molecule has 1 saturated heterocycles. The molecule has 2 aliphatic rings. The van der Waals surface area contributed by atoms with Gasteiger partial charge in [0.25, 0.3) is 11.8 Å². The van der Waals surface area contributed by atoms with Crippen LogP contribution >= 0.6 is 11.6 Å². The molecule has 2 N–H and O–H groups in total. The zero-order valence-electron chi connectivity index (χ0n) is 16.6. The van der Waals surface area contributed by atoms with Crippen LogP contribution in [0.3, 0.4) is 0 Å². The highest BCUT2D eigenvalue weighted by molar-refractivity contribution is 6.30. The van der Waals surface area contributed by atoms with Crippen molar-refractivity contribution in [1.29, 1.82) is 0 Å². The van der Waals surface area contributed by atoms with Crippen LogP contribution in [0.15, 0.2) is 48.5 Å². The summed E-state index contributed by atoms with van der Waals surface area (Å²) in [5, 5.41) is 6.43. The molecule has 1 atom stereocenters. The van der Waals surface area contributed by atoms with Gasteiger partial charge in [-0.25, -0.2) is 0 Å². The smallest absolute Gasteiger partial charge is 0.253 e. The van der Waals surface area contributed by atoms with Crippen LogP contribution in [0.25, 0.3) is 0 Å². The molecule has 0 spiro atoms. The number of carbonyl (C=O) groups excluding carboxylic acids is 3. The van der Waals surface area contributed by atoms with Gasteiger partial charge in [-0.3, -0.25) is 14.4 Å². The molecule has 7 heteroatoms. The third-order valence-corrected chi connectivity index (χ3v) is 5.73. The number of amides is 3. The number of piperidine rings is 1. The van der Waals surface area contributed by atoms with Gasteiger partial charge in [0.05, 0.1) is 5.92 Å². The van der Waals surface area contributed by atoms with Crippen LogP contribution in [-0.4, -0.2) is 41.8 Å². The first kappa shape index (κ1) is 20.4. The maximum absolute atomic E-state index is 12.8. The number of nitrogens with one attached hydrogen (secondary N) is 2. The standard InChI is InChI=1S/C23H24ClN3O3/c24-18-8-6-15(7-9-18)23(30)27-12-2-4-17(14-27)22(29)26-20-5-1-3-16(13-20)21(28)25-19-10-11-19/h1,3,5-9,13,17,19H,2,4,10-12,14H2,(H,25,28)(H,26,29)/t17-/m0/s1. The lowest BCUT2D eigenvalue weighted by Gasteiger charge is -2.32. The summed E-state index contributed by atoms with van der Waals surface area (Å²) in [5.74, 6) is -0.642. The van der Waals surface area contributed by atoms with E-state index in [1.165, 1.54) is 0 Å². The van der Waals surface area contributed by atoms with Crippen molar-refractivity contribution in [3.63, 3.8) is 0 Å². The minimum absolute atomic E-state index is 0.0945. The fourth-order valence-corrected chi connectivity index (χ4v) is 3.76. The molecular formula is C23H24ClN3O3. The van der Waals surface area contributed by atoms with Crippen molar-refractivity contribution in [3.8, 4) is 0 Å². The fourth-order valence-electron chi connectivity index (χ4n) is 3.63. The van der Waals surface area contributed by atoms with E-state index in [0.717, 1.165) is 25.7 Å². The number of anilines is 1. The van der Waals surface area contributed by atoms with Crippen molar-refractivity contribution in [3.05, 3.63) is 64.7 Å². The largest absolute Gasteiger partial charge is 0.349 e. The average molecular weight is 426 g/mol. The van der Waals surface area contributed by atoms with Crippen LogP contribution in [0.2, 0.25) is 5.02 Å². The molecule has 1 heterocycles. The lowest BCUT2D eigenvalue weighted by molar-refractivity contribution is -0.121. The number of hydrogen-bond acceptors (Lipinski definition) is 3. The topological polar surface area (TPSA) is 78.5 Å². The summed E-state index contributed by atoms with van der Waals surface area (Å²) in [6.45, 7) is 0.997. The molecule has 0 radical (unpaired) electrons. The second-order valence-electron chi connectivity index (χ2n) is 7.92. The van der Waals surface area contributed by atoms with E-state index in [1.807, 2.05) is 0 Å². The van der Waals surface area contributed by atoms with Gasteiger partial charge in [0.2, 0.25) is 5.91 Å². The van der Waals surface area contributed by atoms with Gasteiger partial charge >= 0.3 is 0 Å². The lowest BCUT2D eigenvalue weighted by Crippen LogP contribution is -2.43. The van der Waals surface area contributed by atoms with Crippen LogP contribution in [0.4, 0.5) is 5.69 Å². The highest BCUT2D eigenvalue weighted by Gasteiger charge is 2.29. The Balaban J connectivity index is 1.38. The predicted octanol–water partition coefficient (Wildman–Crippen LogP) is 3.72. The fraction of sp³-hybridized carbons (Fsp3) is 0.348. The van der Waals surface area contributed by atoms with E-state index in [0.29, 0.717) is 34.9 Å². The first-order chi connectivity index (χ1) is 14.5. The van der Waals surface area contributed by atoms with Crippen molar-refractivity contribution in [2.24, 2.45) is 5.92 Å². The van der Waals surface area contributed by atoms with E-state index in [-0.39, 0.29) is 29.7 Å². The maximum atomic E-state index is 12.8. The van der Waals surface area contributed by atoms with Crippen LogP contribution in [0.5, 0.6) is 0 Å². The number of hydrogen-bond donors (Lipinski definition) is 2. The van der Waals surface area contributed by atoms with E-state index in [4.69, 9.17) is 11.6 Å². The van der Waals surface area contributed by atoms with Crippen molar-refractivity contribution in [2.75, 3.05) is 18.4 Å². The number of carbonyl (C=O) groups is 3. The second-order valence-corrected chi connectivity index (χ2v) is 8.35. The van der Waals surface area contributed by atoms with Crippen LogP contribution < -0.4 is 10.6 Å². The van der Waals surface area contributed by atoms with E-state index in [2.05, 4.69) is 10.6 Å². The van der Waals surface area contributed by atoms with Gasteiger partial charge in [0, 0.05) is 41.0 Å². The lowest BCUT2D eigenvalue weighted by atomic mass is 9.96. The normalized spacial score (nSPS) is 18.6. The molecule has 30 heavy (non-hydrogen) atoms. The quantitative estimate of drug-likeness (QED) is 0.766. The monoisotopic (exact) mass is 425 g/mol. The number of likely N-dealkylation sites (tertiary alicyclic amines) is 1. The van der Waals surface area contributed by atoms with E-state index < -0.39 is 0 Å². The summed E-state index contributed by atoms with van der Waals surface area (Å²) in [6.07, 6.45) is 3.53. The molecule has 156 valence electrons. The van der Waals surface area contributed by atoms with Crippen molar-refractivity contribution >= 4 is 35.0 Å². The summed E-state index contributed by atoms with van der Waals surface area (Å²) >= 11 is 5.90. The molecular weight excluding hydrogens is 402 g/mol. The zero-order valence-corrected chi connectivity index (χ0v) is 17.3. The van der Waals surface area contributed by atoms with Gasteiger partial charge in [0.1, 0.15) is 0 Å². The Bertz CT molecular complexity index is 956. The van der Waals surface area contributed by atoms with Crippen LogP contribution in [0.1, 0.15) is 46.4 Å². The Morgan fingerprint density at radius 3 is 2.47 bits per heavy atom. The second kappa shape index (κ2) is 8.88. The molecule has 2 aromatic carbocycles. The maximum Gasteiger partial charge on any atom is 0.253 e. The van der Waals surface area contributed by atoms with Gasteiger partial charge in [-0.1, -0.05) is 17.7 Å². The molecule has 6 nitrogen and oxygen atoms in total. The van der Waals surface area contributed by atoms with Crippen molar-refractivity contribution < 1.29 is 14.4 Å². The van der Waals surface area contributed by atoms with Gasteiger partial charge in [-0.05, 0) is 68.1 Å². The molecule has 3 amide bonds. The predicted molar refractivity (Wildman–Crippen MR) is 116 cm³/mol. The Kier molecular flexibility index (Phi) is 6.04.